The van der Waals surface area contributed by atoms with Gasteiger partial charge in [-0.05, 0) is 55.2 Å². The van der Waals surface area contributed by atoms with Crippen molar-refractivity contribution in [2.75, 3.05) is 6.61 Å². The molecule has 0 bridgehead atoms. The average Bonchev–Trinajstić information content (AvgIpc) is 3.15. The highest BCUT2D eigenvalue weighted by atomic mass is 79.9. The van der Waals surface area contributed by atoms with Crippen LogP contribution in [0, 0.1) is 5.82 Å². The maximum absolute atomic E-state index is 13.0. The molecule has 0 aromatic heterocycles. The Morgan fingerprint density at radius 3 is 2.46 bits per heavy atom. The van der Waals surface area contributed by atoms with Gasteiger partial charge in [-0.3, -0.25) is 0 Å². The van der Waals surface area contributed by atoms with Crippen LogP contribution in [0.1, 0.15) is 43.7 Å². The van der Waals surface area contributed by atoms with E-state index in [-0.39, 0.29) is 5.82 Å². The molecule has 0 unspecified atom stereocenters. The molecule has 5 heteroatoms. The van der Waals surface area contributed by atoms with Gasteiger partial charge < -0.3 is 14.8 Å². The summed E-state index contributed by atoms with van der Waals surface area (Å²) in [6.07, 6.45) is 5.15. The average molecular weight is 422 g/mol. The first-order valence-corrected chi connectivity index (χ1v) is 10.0. The minimum atomic E-state index is -0.245. The maximum atomic E-state index is 13.0. The molecular weight excluding hydrogens is 397 g/mol. The molecule has 1 aliphatic carbocycles. The third-order valence-electron chi connectivity index (χ3n) is 4.66. The van der Waals surface area contributed by atoms with Gasteiger partial charge in [0, 0.05) is 17.1 Å². The van der Waals surface area contributed by atoms with Gasteiger partial charge in [-0.2, -0.15) is 0 Å². The van der Waals surface area contributed by atoms with E-state index in [2.05, 4.69) is 21.2 Å². The van der Waals surface area contributed by atoms with Gasteiger partial charge in [-0.25, -0.2) is 4.39 Å². The third-order valence-corrected chi connectivity index (χ3v) is 5.39. The summed E-state index contributed by atoms with van der Waals surface area (Å²) in [6.45, 7) is 3.71. The SMILES string of the molecule is CCOc1cc(CNC2CCCC2)c(Br)cc1OCc1ccc(F)cc1. The van der Waals surface area contributed by atoms with Crippen molar-refractivity contribution in [1.29, 1.82) is 0 Å². The molecule has 0 aliphatic heterocycles. The highest BCUT2D eigenvalue weighted by Crippen LogP contribution is 2.34. The van der Waals surface area contributed by atoms with Gasteiger partial charge in [0.2, 0.25) is 0 Å². The van der Waals surface area contributed by atoms with Crippen molar-refractivity contribution < 1.29 is 13.9 Å². The Morgan fingerprint density at radius 1 is 1.08 bits per heavy atom. The summed E-state index contributed by atoms with van der Waals surface area (Å²) in [5, 5.41) is 3.63. The molecule has 2 aromatic carbocycles. The van der Waals surface area contributed by atoms with E-state index >= 15 is 0 Å². The topological polar surface area (TPSA) is 30.5 Å². The summed E-state index contributed by atoms with van der Waals surface area (Å²) in [5.41, 5.74) is 2.08. The predicted molar refractivity (Wildman–Crippen MR) is 105 cm³/mol. The summed E-state index contributed by atoms with van der Waals surface area (Å²) in [5.74, 6) is 1.18. The lowest BCUT2D eigenvalue weighted by Crippen LogP contribution is -2.25. The smallest absolute Gasteiger partial charge is 0.162 e. The van der Waals surface area contributed by atoms with Crippen molar-refractivity contribution >= 4 is 15.9 Å². The van der Waals surface area contributed by atoms with Gasteiger partial charge in [0.1, 0.15) is 12.4 Å². The third kappa shape index (κ3) is 5.21. The molecule has 26 heavy (non-hydrogen) atoms. The number of benzene rings is 2. The minimum Gasteiger partial charge on any atom is -0.490 e. The van der Waals surface area contributed by atoms with E-state index in [9.17, 15) is 4.39 Å². The molecule has 3 nitrogen and oxygen atoms in total. The molecule has 0 spiro atoms. The van der Waals surface area contributed by atoms with Crippen LogP contribution in [-0.2, 0) is 13.2 Å². The second-order valence-corrected chi connectivity index (χ2v) is 7.46. The van der Waals surface area contributed by atoms with Crippen molar-refractivity contribution in [2.24, 2.45) is 0 Å². The Balaban J connectivity index is 1.69. The van der Waals surface area contributed by atoms with Crippen molar-refractivity contribution in [3.63, 3.8) is 0 Å². The van der Waals surface area contributed by atoms with E-state index in [4.69, 9.17) is 9.47 Å². The van der Waals surface area contributed by atoms with Crippen LogP contribution in [0.3, 0.4) is 0 Å². The fraction of sp³-hybridized carbons (Fsp3) is 0.429. The predicted octanol–water partition coefficient (Wildman–Crippen LogP) is 5.60. The summed E-state index contributed by atoms with van der Waals surface area (Å²) in [4.78, 5) is 0. The molecule has 0 amide bonds. The van der Waals surface area contributed by atoms with Gasteiger partial charge in [-0.15, -0.1) is 0 Å². The minimum absolute atomic E-state index is 0.245. The largest absolute Gasteiger partial charge is 0.490 e. The molecule has 1 saturated carbocycles. The molecule has 0 saturated heterocycles. The molecule has 140 valence electrons. The Labute approximate surface area is 163 Å². The molecular formula is C21H25BrFNO2. The highest BCUT2D eigenvalue weighted by Gasteiger charge is 2.16. The van der Waals surface area contributed by atoms with E-state index in [1.54, 1.807) is 12.1 Å². The van der Waals surface area contributed by atoms with Crippen molar-refractivity contribution in [3.8, 4) is 11.5 Å². The Bertz CT molecular complexity index is 715. The lowest BCUT2D eigenvalue weighted by Gasteiger charge is -2.17. The van der Waals surface area contributed by atoms with Crippen LogP contribution in [0.2, 0.25) is 0 Å². The zero-order chi connectivity index (χ0) is 18.4. The lowest BCUT2D eigenvalue weighted by molar-refractivity contribution is 0.268. The molecule has 0 radical (unpaired) electrons. The molecule has 2 aromatic rings. The summed E-state index contributed by atoms with van der Waals surface area (Å²) in [7, 11) is 0. The first-order valence-electron chi connectivity index (χ1n) is 9.21. The van der Waals surface area contributed by atoms with Gasteiger partial charge >= 0.3 is 0 Å². The number of hydrogen-bond acceptors (Lipinski definition) is 3. The van der Waals surface area contributed by atoms with E-state index in [1.165, 1.54) is 37.8 Å². The van der Waals surface area contributed by atoms with Crippen LogP contribution in [0.5, 0.6) is 11.5 Å². The van der Waals surface area contributed by atoms with Crippen molar-refractivity contribution in [3.05, 3.63) is 57.8 Å². The molecule has 1 N–H and O–H groups in total. The van der Waals surface area contributed by atoms with Crippen LogP contribution in [0.15, 0.2) is 40.9 Å². The van der Waals surface area contributed by atoms with E-state index in [1.807, 2.05) is 19.1 Å². The fourth-order valence-electron chi connectivity index (χ4n) is 3.22. The normalized spacial score (nSPS) is 14.6. The quantitative estimate of drug-likeness (QED) is 0.601. The Hall–Kier alpha value is -1.59. The van der Waals surface area contributed by atoms with Gasteiger partial charge in [0.25, 0.3) is 0 Å². The van der Waals surface area contributed by atoms with Crippen LogP contribution in [0.4, 0.5) is 4.39 Å². The summed E-state index contributed by atoms with van der Waals surface area (Å²) < 4.78 is 25.7. The maximum Gasteiger partial charge on any atom is 0.162 e. The Morgan fingerprint density at radius 2 is 1.77 bits per heavy atom. The van der Waals surface area contributed by atoms with Gasteiger partial charge in [0.05, 0.1) is 6.61 Å². The summed E-state index contributed by atoms with van der Waals surface area (Å²) in [6, 6.07) is 10.9. The molecule has 1 aliphatic rings. The Kier molecular flexibility index (Phi) is 6.92. The number of hydrogen-bond donors (Lipinski definition) is 1. The number of rotatable bonds is 8. The van der Waals surface area contributed by atoms with E-state index in [0.29, 0.717) is 25.0 Å². The molecule has 0 atom stereocenters. The first-order chi connectivity index (χ1) is 12.7. The van der Waals surface area contributed by atoms with Gasteiger partial charge in [0.15, 0.2) is 11.5 Å². The van der Waals surface area contributed by atoms with Crippen LogP contribution >= 0.6 is 15.9 Å². The highest BCUT2D eigenvalue weighted by molar-refractivity contribution is 9.10. The van der Waals surface area contributed by atoms with Crippen LogP contribution in [0.25, 0.3) is 0 Å². The molecule has 3 rings (SSSR count). The second-order valence-electron chi connectivity index (χ2n) is 6.60. The van der Waals surface area contributed by atoms with Crippen LogP contribution in [-0.4, -0.2) is 12.6 Å². The van der Waals surface area contributed by atoms with Gasteiger partial charge in [-0.1, -0.05) is 40.9 Å². The van der Waals surface area contributed by atoms with Crippen molar-refractivity contribution in [2.45, 2.75) is 51.8 Å². The second kappa shape index (κ2) is 9.38. The number of nitrogens with one attached hydrogen (secondary N) is 1. The first kappa shape index (κ1) is 19.2. The van der Waals surface area contributed by atoms with Crippen molar-refractivity contribution in [1.82, 2.24) is 5.32 Å². The molecule has 0 heterocycles. The standard InChI is InChI=1S/C21H25BrFNO2/c1-2-25-20-11-16(13-24-18-5-3-4-6-18)19(22)12-21(20)26-14-15-7-9-17(23)10-8-15/h7-12,18,24H,2-6,13-14H2,1H3. The fourth-order valence-corrected chi connectivity index (χ4v) is 3.68. The monoisotopic (exact) mass is 421 g/mol. The lowest BCUT2D eigenvalue weighted by atomic mass is 10.1. The zero-order valence-electron chi connectivity index (χ0n) is 15.1. The molecule has 1 fully saturated rings. The van der Waals surface area contributed by atoms with E-state index in [0.717, 1.165) is 27.9 Å². The summed E-state index contributed by atoms with van der Waals surface area (Å²) >= 11 is 3.65. The zero-order valence-corrected chi connectivity index (χ0v) is 16.6. The van der Waals surface area contributed by atoms with Crippen LogP contribution < -0.4 is 14.8 Å². The van der Waals surface area contributed by atoms with E-state index < -0.39 is 0 Å². The number of halogens is 2. The number of ether oxygens (including phenoxy) is 2.